The van der Waals surface area contributed by atoms with Gasteiger partial charge < -0.3 is 14.8 Å². The highest BCUT2D eigenvalue weighted by Crippen LogP contribution is 2.59. The Hall–Kier alpha value is -3.46. The molecule has 0 saturated heterocycles. The zero-order chi connectivity index (χ0) is 33.2. The SMILES string of the molecule is CC(C)(C)OC(=O)NC1=N[C@](C)(c2nc(NC(=O)c3ncc(OC(F)F)cc3Cl)ccc2F)[C@H]2CC3(CC3)CN=[S@]2(=O)C1(C)C. The molecule has 0 aromatic carbocycles. The first-order valence-electron chi connectivity index (χ1n) is 14.2. The topological polar surface area (TPSA) is 144 Å². The lowest BCUT2D eigenvalue weighted by atomic mass is 9.84. The number of aromatic nitrogens is 2. The average molecular weight is 671 g/mol. The maximum Gasteiger partial charge on any atom is 0.413 e. The van der Waals surface area contributed by atoms with Crippen molar-refractivity contribution in [3.63, 3.8) is 0 Å². The average Bonchev–Trinajstić information content (AvgIpc) is 3.67. The summed E-state index contributed by atoms with van der Waals surface area (Å²) in [6.45, 7) is 7.31. The minimum atomic E-state index is -3.21. The van der Waals surface area contributed by atoms with Crippen molar-refractivity contribution >= 4 is 45.0 Å². The fraction of sp³-hybridized carbons (Fsp3) is 0.552. The van der Waals surface area contributed by atoms with Gasteiger partial charge in [-0.1, -0.05) is 11.6 Å². The van der Waals surface area contributed by atoms with Gasteiger partial charge in [-0.2, -0.15) is 8.78 Å². The summed E-state index contributed by atoms with van der Waals surface area (Å²) in [6, 6.07) is 3.31. The lowest BCUT2D eigenvalue weighted by Crippen LogP contribution is -2.63. The van der Waals surface area contributed by atoms with Crippen molar-refractivity contribution in [1.82, 2.24) is 15.3 Å². The summed E-state index contributed by atoms with van der Waals surface area (Å²) in [5.74, 6) is -2.07. The van der Waals surface area contributed by atoms with Gasteiger partial charge in [0.05, 0.1) is 32.7 Å². The number of anilines is 1. The number of nitrogens with zero attached hydrogens (tertiary/aromatic N) is 4. The molecule has 2 amide bonds. The predicted octanol–water partition coefficient (Wildman–Crippen LogP) is 6.07. The van der Waals surface area contributed by atoms with Crippen LogP contribution in [0.2, 0.25) is 5.02 Å². The van der Waals surface area contributed by atoms with Crippen LogP contribution in [0, 0.1) is 11.2 Å². The minimum absolute atomic E-state index is 0.00808. The molecule has 2 aromatic heterocycles. The van der Waals surface area contributed by atoms with Crippen molar-refractivity contribution in [1.29, 1.82) is 0 Å². The van der Waals surface area contributed by atoms with Crippen molar-refractivity contribution in [2.75, 3.05) is 11.9 Å². The number of amides is 2. The van der Waals surface area contributed by atoms with Crippen LogP contribution in [0.1, 0.15) is 77.0 Å². The molecule has 244 valence electrons. The number of rotatable bonds is 5. The Bertz CT molecular complexity index is 1720. The molecule has 1 saturated carbocycles. The van der Waals surface area contributed by atoms with Gasteiger partial charge in [-0.15, -0.1) is 0 Å². The summed E-state index contributed by atoms with van der Waals surface area (Å²) < 4.78 is 69.0. The molecule has 1 fully saturated rings. The fourth-order valence-electron chi connectivity index (χ4n) is 5.62. The zero-order valence-electron chi connectivity index (χ0n) is 25.5. The van der Waals surface area contributed by atoms with Gasteiger partial charge in [0.1, 0.15) is 50.5 Å². The highest BCUT2D eigenvalue weighted by atomic mass is 35.5. The van der Waals surface area contributed by atoms with Crippen LogP contribution in [-0.2, 0) is 20.0 Å². The lowest BCUT2D eigenvalue weighted by molar-refractivity contribution is -0.0500. The summed E-state index contributed by atoms with van der Waals surface area (Å²) in [5, 5.41) is 4.08. The van der Waals surface area contributed by atoms with E-state index < -0.39 is 55.3 Å². The van der Waals surface area contributed by atoms with Gasteiger partial charge in [0.25, 0.3) is 5.91 Å². The third kappa shape index (κ3) is 6.20. The molecule has 3 atom stereocenters. The van der Waals surface area contributed by atoms with E-state index in [-0.39, 0.29) is 39.2 Å². The molecule has 4 heterocycles. The molecular weight excluding hydrogens is 637 g/mol. The van der Waals surface area contributed by atoms with Crippen LogP contribution >= 0.6 is 11.6 Å². The third-order valence-electron chi connectivity index (χ3n) is 8.27. The number of ether oxygens (including phenoxy) is 2. The number of alkyl halides is 2. The number of pyridine rings is 2. The summed E-state index contributed by atoms with van der Waals surface area (Å²) in [5.41, 5.74) is -3.13. The first-order valence-corrected chi connectivity index (χ1v) is 16.1. The number of hydrogen-bond acceptors (Lipinski definition) is 9. The number of alkyl carbamates (subject to hydrolysis) is 1. The van der Waals surface area contributed by atoms with Crippen LogP contribution in [0.15, 0.2) is 33.8 Å². The van der Waals surface area contributed by atoms with E-state index in [4.69, 9.17) is 25.7 Å². The first kappa shape index (κ1) is 32.9. The molecule has 45 heavy (non-hydrogen) atoms. The standard InChI is InChI=1S/C29H34ClF3N6O5S/c1-26(2,3)44-25(41)38-23-27(4,5)45(42)18(12-29(9-10-29)14-35-45)28(6,39-23)21-17(31)7-8-19(36-21)37-22(40)20-16(30)11-15(13-34-20)43-24(32)33/h7-8,11,13,18,24H,9-10,12,14H2,1-6H3,(H,36,37,40)(H,38,39,41)/t18-,28+,45-/m1/s1. The Labute approximate surface area is 263 Å². The Morgan fingerprint density at radius 3 is 2.44 bits per heavy atom. The van der Waals surface area contributed by atoms with Crippen LogP contribution in [0.3, 0.4) is 0 Å². The molecule has 16 heteroatoms. The second-order valence-electron chi connectivity index (χ2n) is 13.2. The molecule has 3 aliphatic rings. The number of amidine groups is 1. The van der Waals surface area contributed by atoms with Crippen LogP contribution < -0.4 is 15.4 Å². The number of fused-ring (bicyclic) bond motifs is 1. The number of nitrogens with one attached hydrogen (secondary N) is 2. The summed E-state index contributed by atoms with van der Waals surface area (Å²) in [7, 11) is -3.21. The van der Waals surface area contributed by atoms with E-state index in [1.807, 2.05) is 0 Å². The summed E-state index contributed by atoms with van der Waals surface area (Å²) >= 11 is 6.09. The van der Waals surface area contributed by atoms with Gasteiger partial charge >= 0.3 is 12.7 Å². The van der Waals surface area contributed by atoms with Crippen molar-refractivity contribution in [3.8, 4) is 5.75 Å². The Morgan fingerprint density at radius 1 is 1.16 bits per heavy atom. The molecule has 1 aliphatic carbocycles. The molecule has 5 rings (SSSR count). The monoisotopic (exact) mass is 670 g/mol. The van der Waals surface area contributed by atoms with Crippen molar-refractivity contribution < 1.29 is 36.4 Å². The van der Waals surface area contributed by atoms with E-state index in [1.165, 1.54) is 6.07 Å². The Balaban J connectivity index is 1.56. The van der Waals surface area contributed by atoms with Gasteiger partial charge in [-0.3, -0.25) is 15.1 Å². The van der Waals surface area contributed by atoms with Crippen LogP contribution in [0.25, 0.3) is 0 Å². The molecule has 1 spiro atoms. The quantitative estimate of drug-likeness (QED) is 0.393. The Kier molecular flexibility index (Phi) is 8.13. The molecule has 11 nitrogen and oxygen atoms in total. The molecule has 2 N–H and O–H groups in total. The van der Waals surface area contributed by atoms with E-state index in [1.54, 1.807) is 41.5 Å². The van der Waals surface area contributed by atoms with Crippen molar-refractivity contribution in [2.24, 2.45) is 14.8 Å². The highest BCUT2D eigenvalue weighted by molar-refractivity contribution is 7.96. The largest absolute Gasteiger partial charge is 0.444 e. The van der Waals surface area contributed by atoms with Gasteiger partial charge in [0.15, 0.2) is 0 Å². The smallest absolute Gasteiger partial charge is 0.413 e. The zero-order valence-corrected chi connectivity index (χ0v) is 27.1. The number of aliphatic imine (C=N–C) groups is 1. The first-order chi connectivity index (χ1) is 20.8. The van der Waals surface area contributed by atoms with Gasteiger partial charge in [-0.05, 0) is 78.4 Å². The Morgan fingerprint density at radius 2 is 1.84 bits per heavy atom. The molecule has 0 radical (unpaired) electrons. The predicted molar refractivity (Wildman–Crippen MR) is 162 cm³/mol. The molecule has 0 bridgehead atoms. The maximum absolute atomic E-state index is 15.8. The number of halogens is 4. The second-order valence-corrected chi connectivity index (χ2v) is 16.5. The van der Waals surface area contributed by atoms with E-state index in [0.717, 1.165) is 31.2 Å². The lowest BCUT2D eigenvalue weighted by Gasteiger charge is -2.49. The second kappa shape index (κ2) is 11.1. The fourth-order valence-corrected chi connectivity index (χ4v) is 9.28. The third-order valence-corrected chi connectivity index (χ3v) is 12.1. The van der Waals surface area contributed by atoms with E-state index in [9.17, 15) is 22.6 Å². The van der Waals surface area contributed by atoms with Gasteiger partial charge in [-0.25, -0.2) is 27.7 Å². The molecule has 0 unspecified atom stereocenters. The van der Waals surface area contributed by atoms with E-state index >= 15 is 4.39 Å². The number of carbonyl (C=O) groups excluding carboxylic acids is 2. The number of hydrogen-bond donors (Lipinski definition) is 2. The van der Waals surface area contributed by atoms with Crippen molar-refractivity contribution in [2.45, 2.75) is 88.6 Å². The molecule has 2 aromatic rings. The maximum atomic E-state index is 15.8. The van der Waals surface area contributed by atoms with E-state index in [2.05, 4.69) is 25.3 Å². The summed E-state index contributed by atoms with van der Waals surface area (Å²) in [4.78, 5) is 39.0. The van der Waals surface area contributed by atoms with Crippen LogP contribution in [-0.4, -0.2) is 60.8 Å². The van der Waals surface area contributed by atoms with Crippen molar-refractivity contribution in [3.05, 3.63) is 46.6 Å². The minimum Gasteiger partial charge on any atom is -0.444 e. The van der Waals surface area contributed by atoms with Crippen LogP contribution in [0.5, 0.6) is 5.75 Å². The van der Waals surface area contributed by atoms with Crippen LogP contribution in [0.4, 0.5) is 23.8 Å². The number of carbonyl (C=O) groups is 2. The molecular formula is C29H34ClF3N6O5S. The van der Waals surface area contributed by atoms with Gasteiger partial charge in [0, 0.05) is 6.07 Å². The van der Waals surface area contributed by atoms with Gasteiger partial charge in [0.2, 0.25) is 0 Å². The normalized spacial score (nSPS) is 26.3. The highest BCUT2D eigenvalue weighted by Gasteiger charge is 2.62. The molecule has 2 aliphatic heterocycles. The summed E-state index contributed by atoms with van der Waals surface area (Å²) in [6.07, 6.45) is 2.30. The van der Waals surface area contributed by atoms with E-state index in [0.29, 0.717) is 13.0 Å².